The van der Waals surface area contributed by atoms with E-state index in [1.54, 1.807) is 0 Å². The van der Waals surface area contributed by atoms with Crippen LogP contribution < -0.4 is 5.73 Å². The summed E-state index contributed by atoms with van der Waals surface area (Å²) in [6.45, 7) is 5.55. The van der Waals surface area contributed by atoms with Gasteiger partial charge >= 0.3 is 6.18 Å². The fourth-order valence-electron chi connectivity index (χ4n) is 1.69. The maximum atomic E-state index is 12.4. The first kappa shape index (κ1) is 15.0. The molecule has 3 nitrogen and oxygen atoms in total. The third-order valence-electron chi connectivity index (χ3n) is 3.08. The lowest BCUT2D eigenvalue weighted by molar-refractivity contribution is -0.135. The molecule has 0 unspecified atom stereocenters. The quantitative estimate of drug-likeness (QED) is 0.737. The Bertz CT molecular complexity index is 355. The molecule has 0 bridgehead atoms. The Morgan fingerprint density at radius 3 is 2.28 bits per heavy atom. The van der Waals surface area contributed by atoms with Gasteiger partial charge in [-0.25, -0.2) is 0 Å². The maximum absolute atomic E-state index is 12.4. The fraction of sp³-hybridized carbons (Fsp3) is 0.750. The summed E-state index contributed by atoms with van der Waals surface area (Å²) in [7, 11) is 0. The van der Waals surface area contributed by atoms with Crippen LogP contribution in [0.2, 0.25) is 0 Å². The summed E-state index contributed by atoms with van der Waals surface area (Å²) in [5, 5.41) is 0. The van der Waals surface area contributed by atoms with Crippen molar-refractivity contribution >= 4 is 5.91 Å². The van der Waals surface area contributed by atoms with Gasteiger partial charge in [0.25, 0.3) is 0 Å². The first-order valence-electron chi connectivity index (χ1n) is 5.84. The molecule has 18 heavy (non-hydrogen) atoms. The molecule has 1 rings (SSSR count). The molecule has 0 radical (unpaired) electrons. The number of carbonyl (C=O) groups is 1. The van der Waals surface area contributed by atoms with Gasteiger partial charge < -0.3 is 10.6 Å². The molecule has 0 aromatic heterocycles. The summed E-state index contributed by atoms with van der Waals surface area (Å²) >= 11 is 0. The minimum atomic E-state index is -4.29. The molecule has 0 saturated carbocycles. The standard InChI is InChI=1S/C12H19F3N2O/c1-11(2,3)9(16)10(18)17-6-4-8(5-7-17)12(13,14)15/h4,9H,5-7,16H2,1-3H3/t9-/m0/s1. The number of hydrogen-bond donors (Lipinski definition) is 1. The molecule has 2 N–H and O–H groups in total. The van der Waals surface area contributed by atoms with Crippen molar-refractivity contribution in [2.24, 2.45) is 11.1 Å². The van der Waals surface area contributed by atoms with Gasteiger partial charge in [-0.15, -0.1) is 0 Å². The predicted molar refractivity (Wildman–Crippen MR) is 62.8 cm³/mol. The van der Waals surface area contributed by atoms with Gasteiger partial charge in [0.05, 0.1) is 6.04 Å². The van der Waals surface area contributed by atoms with Gasteiger partial charge in [0.2, 0.25) is 5.91 Å². The Morgan fingerprint density at radius 1 is 1.39 bits per heavy atom. The van der Waals surface area contributed by atoms with Gasteiger partial charge in [-0.1, -0.05) is 26.8 Å². The maximum Gasteiger partial charge on any atom is 0.412 e. The molecule has 1 atom stereocenters. The number of nitrogens with two attached hydrogens (primary N) is 1. The van der Waals surface area contributed by atoms with Crippen LogP contribution in [-0.2, 0) is 4.79 Å². The summed E-state index contributed by atoms with van der Waals surface area (Å²) in [5.74, 6) is -0.292. The summed E-state index contributed by atoms with van der Waals surface area (Å²) in [4.78, 5) is 13.4. The zero-order valence-electron chi connectivity index (χ0n) is 10.8. The topological polar surface area (TPSA) is 46.3 Å². The van der Waals surface area contributed by atoms with Crippen LogP contribution in [0, 0.1) is 5.41 Å². The van der Waals surface area contributed by atoms with Gasteiger partial charge in [-0.2, -0.15) is 13.2 Å². The van der Waals surface area contributed by atoms with E-state index in [9.17, 15) is 18.0 Å². The van der Waals surface area contributed by atoms with Crippen LogP contribution in [0.5, 0.6) is 0 Å². The molecule has 1 aliphatic rings. The van der Waals surface area contributed by atoms with E-state index in [1.165, 1.54) is 4.90 Å². The van der Waals surface area contributed by atoms with Crippen molar-refractivity contribution in [2.45, 2.75) is 39.4 Å². The SMILES string of the molecule is CC(C)(C)[C@@H](N)C(=O)N1CC=C(C(F)(F)F)CC1. The molecule has 0 aromatic carbocycles. The fourth-order valence-corrected chi connectivity index (χ4v) is 1.69. The number of rotatable bonds is 1. The van der Waals surface area contributed by atoms with Crippen LogP contribution in [0.3, 0.4) is 0 Å². The zero-order valence-corrected chi connectivity index (χ0v) is 10.8. The molecule has 1 amide bonds. The minimum Gasteiger partial charge on any atom is -0.337 e. The van der Waals surface area contributed by atoms with Gasteiger partial charge in [0.1, 0.15) is 0 Å². The number of carbonyl (C=O) groups excluding carboxylic acids is 1. The van der Waals surface area contributed by atoms with E-state index >= 15 is 0 Å². The lowest BCUT2D eigenvalue weighted by Gasteiger charge is -2.33. The normalized spacial score (nSPS) is 19.5. The smallest absolute Gasteiger partial charge is 0.337 e. The van der Waals surface area contributed by atoms with Crippen molar-refractivity contribution in [3.8, 4) is 0 Å². The average Bonchev–Trinajstić information content (AvgIpc) is 2.25. The number of hydrogen-bond acceptors (Lipinski definition) is 2. The van der Waals surface area contributed by atoms with E-state index < -0.39 is 23.2 Å². The van der Waals surface area contributed by atoms with Crippen molar-refractivity contribution in [1.82, 2.24) is 4.90 Å². The van der Waals surface area contributed by atoms with Crippen LogP contribution >= 0.6 is 0 Å². The Hall–Kier alpha value is -1.04. The van der Waals surface area contributed by atoms with E-state index in [-0.39, 0.29) is 25.4 Å². The molecule has 0 fully saturated rings. The Morgan fingerprint density at radius 2 is 1.94 bits per heavy atom. The van der Waals surface area contributed by atoms with E-state index in [0.29, 0.717) is 0 Å². The van der Waals surface area contributed by atoms with Crippen molar-refractivity contribution in [1.29, 1.82) is 0 Å². The number of nitrogens with zero attached hydrogens (tertiary/aromatic N) is 1. The highest BCUT2D eigenvalue weighted by Crippen LogP contribution is 2.30. The van der Waals surface area contributed by atoms with E-state index in [0.717, 1.165) is 6.08 Å². The number of halogens is 3. The Labute approximate surface area is 105 Å². The first-order chi connectivity index (χ1) is 8.03. The van der Waals surface area contributed by atoms with Crippen LogP contribution in [0.15, 0.2) is 11.6 Å². The third kappa shape index (κ3) is 3.48. The zero-order chi connectivity index (χ0) is 14.1. The van der Waals surface area contributed by atoms with Crippen molar-refractivity contribution in [3.05, 3.63) is 11.6 Å². The Kier molecular flexibility index (Phi) is 4.10. The van der Waals surface area contributed by atoms with Crippen LogP contribution in [0.1, 0.15) is 27.2 Å². The van der Waals surface area contributed by atoms with Crippen LogP contribution in [0.25, 0.3) is 0 Å². The third-order valence-corrected chi connectivity index (χ3v) is 3.08. The number of alkyl halides is 3. The molecule has 1 heterocycles. The first-order valence-corrected chi connectivity index (χ1v) is 5.84. The second-order valence-electron chi connectivity index (χ2n) is 5.61. The second kappa shape index (κ2) is 4.91. The van der Waals surface area contributed by atoms with Gasteiger partial charge in [0.15, 0.2) is 0 Å². The second-order valence-corrected chi connectivity index (χ2v) is 5.61. The highest BCUT2D eigenvalue weighted by molar-refractivity contribution is 5.82. The Balaban J connectivity index is 2.69. The van der Waals surface area contributed by atoms with Crippen LogP contribution in [0.4, 0.5) is 13.2 Å². The highest BCUT2D eigenvalue weighted by atomic mass is 19.4. The monoisotopic (exact) mass is 264 g/mol. The minimum absolute atomic E-state index is 0.0164. The van der Waals surface area contributed by atoms with Crippen LogP contribution in [-0.4, -0.2) is 36.1 Å². The summed E-state index contributed by atoms with van der Waals surface area (Å²) in [6.07, 6.45) is -3.38. The average molecular weight is 264 g/mol. The van der Waals surface area contributed by atoms with Crippen molar-refractivity contribution in [2.75, 3.05) is 13.1 Å². The van der Waals surface area contributed by atoms with E-state index in [1.807, 2.05) is 20.8 Å². The molecular formula is C12H19F3N2O. The molecule has 104 valence electrons. The van der Waals surface area contributed by atoms with Crippen molar-refractivity contribution < 1.29 is 18.0 Å². The van der Waals surface area contributed by atoms with Crippen molar-refractivity contribution in [3.63, 3.8) is 0 Å². The molecule has 0 aliphatic carbocycles. The number of amides is 1. The highest BCUT2D eigenvalue weighted by Gasteiger charge is 2.37. The van der Waals surface area contributed by atoms with Gasteiger partial charge in [-0.05, 0) is 11.8 Å². The summed E-state index contributed by atoms with van der Waals surface area (Å²) in [5.41, 5.74) is 4.85. The lowest BCUT2D eigenvalue weighted by Crippen LogP contribution is -2.51. The van der Waals surface area contributed by atoms with E-state index in [4.69, 9.17) is 5.73 Å². The molecule has 0 aromatic rings. The summed E-state index contributed by atoms with van der Waals surface area (Å²) in [6, 6.07) is -0.696. The molecule has 6 heteroatoms. The molecule has 1 aliphatic heterocycles. The predicted octanol–water partition coefficient (Wildman–Crippen LogP) is 2.08. The van der Waals surface area contributed by atoms with Gasteiger partial charge in [-0.3, -0.25) is 4.79 Å². The largest absolute Gasteiger partial charge is 0.412 e. The van der Waals surface area contributed by atoms with E-state index in [2.05, 4.69) is 0 Å². The van der Waals surface area contributed by atoms with Gasteiger partial charge in [0, 0.05) is 18.7 Å². The summed E-state index contributed by atoms with van der Waals surface area (Å²) < 4.78 is 37.3. The molecule has 0 saturated heterocycles. The lowest BCUT2D eigenvalue weighted by atomic mass is 9.86. The molecular weight excluding hydrogens is 245 g/mol. The molecule has 0 spiro atoms.